The fourth-order valence-electron chi connectivity index (χ4n) is 2.36. The summed E-state index contributed by atoms with van der Waals surface area (Å²) in [6.45, 7) is 3.70. The molecule has 0 aliphatic carbocycles. The Bertz CT molecular complexity index is 878. The van der Waals surface area contributed by atoms with Gasteiger partial charge in [0.15, 0.2) is 6.61 Å². The number of carbonyl (C=O) groups is 1. The van der Waals surface area contributed by atoms with E-state index < -0.39 is 39.9 Å². The van der Waals surface area contributed by atoms with Gasteiger partial charge >= 0.3 is 0 Å². The van der Waals surface area contributed by atoms with Crippen molar-refractivity contribution in [1.29, 1.82) is 0 Å². The Morgan fingerprint density at radius 2 is 1.59 bits per heavy atom. The maximum Gasteiger partial charge on any atom is 0.262 e. The molecule has 0 aliphatic rings. The first kappa shape index (κ1) is 20.8. The number of nitrogens with zero attached hydrogens (tertiary/aromatic N) is 1. The Morgan fingerprint density at radius 1 is 1.04 bits per heavy atom. The standard InChI is InChI=1S/C18H20F2N2O4S/c1-3-22(4-2)27(24,25)14-10-8-13(9-11-14)26-12-17(23)21-18-15(19)6-5-7-16(18)20/h5-11H,3-4,12H2,1-2H3,(H,21,23). The third-order valence-electron chi connectivity index (χ3n) is 3.76. The zero-order chi connectivity index (χ0) is 20.0. The predicted octanol–water partition coefficient (Wildman–Crippen LogP) is 3.01. The number of hydrogen-bond donors (Lipinski definition) is 1. The summed E-state index contributed by atoms with van der Waals surface area (Å²) in [6, 6.07) is 8.80. The molecule has 0 atom stereocenters. The van der Waals surface area contributed by atoms with Crippen molar-refractivity contribution in [3.8, 4) is 5.75 Å². The molecule has 0 bridgehead atoms. The Morgan fingerprint density at radius 3 is 2.11 bits per heavy atom. The van der Waals surface area contributed by atoms with Crippen molar-refractivity contribution in [2.75, 3.05) is 25.0 Å². The minimum Gasteiger partial charge on any atom is -0.484 e. The molecule has 27 heavy (non-hydrogen) atoms. The highest BCUT2D eigenvalue weighted by Crippen LogP contribution is 2.20. The van der Waals surface area contributed by atoms with Crippen LogP contribution in [-0.4, -0.2) is 38.3 Å². The van der Waals surface area contributed by atoms with Gasteiger partial charge in [-0.25, -0.2) is 17.2 Å². The smallest absolute Gasteiger partial charge is 0.262 e. The zero-order valence-corrected chi connectivity index (χ0v) is 15.7. The minimum absolute atomic E-state index is 0.108. The van der Waals surface area contributed by atoms with Crippen molar-refractivity contribution in [2.24, 2.45) is 0 Å². The summed E-state index contributed by atoms with van der Waals surface area (Å²) < 4.78 is 58.3. The first-order valence-electron chi connectivity index (χ1n) is 8.26. The number of benzene rings is 2. The van der Waals surface area contributed by atoms with Crippen molar-refractivity contribution in [1.82, 2.24) is 4.31 Å². The van der Waals surface area contributed by atoms with Gasteiger partial charge in [0.05, 0.1) is 4.90 Å². The Balaban J connectivity index is 2.00. The summed E-state index contributed by atoms with van der Waals surface area (Å²) in [5, 5.41) is 2.10. The van der Waals surface area contributed by atoms with Gasteiger partial charge in [-0.2, -0.15) is 4.31 Å². The van der Waals surface area contributed by atoms with E-state index in [4.69, 9.17) is 4.74 Å². The van der Waals surface area contributed by atoms with E-state index in [1.54, 1.807) is 13.8 Å². The van der Waals surface area contributed by atoms with Crippen LogP contribution in [0.2, 0.25) is 0 Å². The molecule has 1 amide bonds. The lowest BCUT2D eigenvalue weighted by molar-refractivity contribution is -0.118. The molecule has 0 spiro atoms. The molecule has 6 nitrogen and oxygen atoms in total. The maximum absolute atomic E-state index is 13.5. The summed E-state index contributed by atoms with van der Waals surface area (Å²) in [4.78, 5) is 11.9. The molecule has 0 aliphatic heterocycles. The van der Waals surface area contributed by atoms with E-state index in [0.717, 1.165) is 12.1 Å². The lowest BCUT2D eigenvalue weighted by atomic mass is 10.3. The molecule has 146 valence electrons. The molecule has 1 N–H and O–H groups in total. The number of anilines is 1. The normalized spacial score (nSPS) is 11.4. The molecule has 0 fully saturated rings. The molecular weight excluding hydrogens is 378 g/mol. The molecule has 2 aromatic carbocycles. The topological polar surface area (TPSA) is 75.7 Å². The van der Waals surface area contributed by atoms with Gasteiger partial charge in [0.1, 0.15) is 23.1 Å². The third kappa shape index (κ3) is 5.01. The van der Waals surface area contributed by atoms with Crippen LogP contribution in [0.5, 0.6) is 5.75 Å². The molecule has 0 saturated heterocycles. The predicted molar refractivity (Wildman–Crippen MR) is 97.0 cm³/mol. The van der Waals surface area contributed by atoms with Crippen molar-refractivity contribution >= 4 is 21.6 Å². The van der Waals surface area contributed by atoms with Crippen LogP contribution in [0.15, 0.2) is 47.4 Å². The molecule has 0 unspecified atom stereocenters. The lowest BCUT2D eigenvalue weighted by Gasteiger charge is -2.18. The minimum atomic E-state index is -3.58. The van der Waals surface area contributed by atoms with Crippen molar-refractivity contribution in [2.45, 2.75) is 18.7 Å². The van der Waals surface area contributed by atoms with E-state index in [9.17, 15) is 22.0 Å². The van der Waals surface area contributed by atoms with Gasteiger partial charge in [-0.1, -0.05) is 19.9 Å². The van der Waals surface area contributed by atoms with Gasteiger partial charge in [-0.3, -0.25) is 4.79 Å². The average molecular weight is 398 g/mol. The summed E-state index contributed by atoms with van der Waals surface area (Å²) in [6.07, 6.45) is 0. The number of sulfonamides is 1. The molecule has 0 saturated carbocycles. The number of hydrogen-bond acceptors (Lipinski definition) is 4. The molecule has 0 aromatic heterocycles. The van der Waals surface area contributed by atoms with Crippen LogP contribution < -0.4 is 10.1 Å². The van der Waals surface area contributed by atoms with E-state index in [-0.39, 0.29) is 10.6 Å². The van der Waals surface area contributed by atoms with Crippen LogP contribution in [0.25, 0.3) is 0 Å². The molecule has 9 heteroatoms. The summed E-state index contributed by atoms with van der Waals surface area (Å²) in [7, 11) is -3.58. The van der Waals surface area contributed by atoms with Gasteiger partial charge < -0.3 is 10.1 Å². The van der Waals surface area contributed by atoms with Gasteiger partial charge in [0, 0.05) is 13.1 Å². The third-order valence-corrected chi connectivity index (χ3v) is 5.83. The van der Waals surface area contributed by atoms with Gasteiger partial charge in [-0.15, -0.1) is 0 Å². The molecule has 2 aromatic rings. The fraction of sp³-hybridized carbons (Fsp3) is 0.278. The quantitative estimate of drug-likeness (QED) is 0.742. The summed E-state index contributed by atoms with van der Waals surface area (Å²) in [5.74, 6) is -2.29. The van der Waals surface area contributed by atoms with E-state index in [2.05, 4.69) is 5.32 Å². The fourth-order valence-corrected chi connectivity index (χ4v) is 3.82. The monoisotopic (exact) mass is 398 g/mol. The second kappa shape index (κ2) is 8.92. The SMILES string of the molecule is CCN(CC)S(=O)(=O)c1ccc(OCC(=O)Nc2c(F)cccc2F)cc1. The highest BCUT2D eigenvalue weighted by atomic mass is 32.2. The van der Waals surface area contributed by atoms with Gasteiger partial charge in [0.2, 0.25) is 10.0 Å². The first-order chi connectivity index (χ1) is 12.8. The average Bonchev–Trinajstić information content (AvgIpc) is 2.64. The summed E-state index contributed by atoms with van der Waals surface area (Å²) in [5.41, 5.74) is -0.549. The van der Waals surface area contributed by atoms with Crippen LogP contribution in [0, 0.1) is 11.6 Å². The number of carbonyl (C=O) groups excluding carboxylic acids is 1. The van der Waals surface area contributed by atoms with Crippen molar-refractivity contribution < 1.29 is 26.7 Å². The Hall–Kier alpha value is -2.52. The van der Waals surface area contributed by atoms with Crippen LogP contribution in [0.1, 0.15) is 13.8 Å². The highest BCUT2D eigenvalue weighted by Gasteiger charge is 2.21. The van der Waals surface area contributed by atoms with Gasteiger partial charge in [-0.05, 0) is 36.4 Å². The number of ether oxygens (including phenoxy) is 1. The highest BCUT2D eigenvalue weighted by molar-refractivity contribution is 7.89. The number of amides is 1. The Labute approximate surface area is 156 Å². The second-order valence-electron chi connectivity index (χ2n) is 5.49. The number of nitrogens with one attached hydrogen (secondary N) is 1. The van der Waals surface area contributed by atoms with Crippen molar-refractivity contribution in [3.63, 3.8) is 0 Å². The van der Waals surface area contributed by atoms with E-state index in [1.165, 1.54) is 34.6 Å². The molecule has 0 radical (unpaired) electrons. The molecule has 2 rings (SSSR count). The maximum atomic E-state index is 13.5. The molecule has 0 heterocycles. The van der Waals surface area contributed by atoms with Crippen LogP contribution in [0.3, 0.4) is 0 Å². The largest absolute Gasteiger partial charge is 0.484 e. The second-order valence-corrected chi connectivity index (χ2v) is 7.43. The van der Waals surface area contributed by atoms with Crippen LogP contribution >= 0.6 is 0 Å². The van der Waals surface area contributed by atoms with Gasteiger partial charge in [0.25, 0.3) is 5.91 Å². The molecular formula is C18H20F2N2O4S. The number of halogens is 2. The van der Waals surface area contributed by atoms with E-state index in [1.807, 2.05) is 0 Å². The zero-order valence-electron chi connectivity index (χ0n) is 14.9. The Kier molecular flexibility index (Phi) is 6.86. The number of rotatable bonds is 8. The van der Waals surface area contributed by atoms with Crippen LogP contribution in [0.4, 0.5) is 14.5 Å². The first-order valence-corrected chi connectivity index (χ1v) is 9.70. The number of para-hydroxylation sites is 1. The summed E-state index contributed by atoms with van der Waals surface area (Å²) >= 11 is 0. The van der Waals surface area contributed by atoms with E-state index >= 15 is 0 Å². The van der Waals surface area contributed by atoms with Crippen molar-refractivity contribution in [3.05, 3.63) is 54.1 Å². The van der Waals surface area contributed by atoms with Crippen LogP contribution in [-0.2, 0) is 14.8 Å². The lowest BCUT2D eigenvalue weighted by Crippen LogP contribution is -2.30. The van der Waals surface area contributed by atoms with E-state index in [0.29, 0.717) is 13.1 Å².